The molecule has 2 amide bonds. The topological polar surface area (TPSA) is 95.6 Å². The van der Waals surface area contributed by atoms with Crippen LogP contribution in [0.4, 0.5) is 5.69 Å². The summed E-state index contributed by atoms with van der Waals surface area (Å²) in [4.78, 5) is 26.9. The van der Waals surface area contributed by atoms with Gasteiger partial charge in [-0.25, -0.2) is 8.42 Å². The summed E-state index contributed by atoms with van der Waals surface area (Å²) in [7, 11) is -3.71. The monoisotopic (exact) mass is 469 g/mol. The molecule has 166 valence electrons. The first-order valence-electron chi connectivity index (χ1n) is 10.2. The van der Waals surface area contributed by atoms with Gasteiger partial charge in [0.2, 0.25) is 5.91 Å². The summed E-state index contributed by atoms with van der Waals surface area (Å²) in [6.07, 6.45) is 1.35. The van der Waals surface area contributed by atoms with Crippen molar-refractivity contribution in [1.82, 2.24) is 10.2 Å². The Hall–Kier alpha value is -3.17. The zero-order valence-corrected chi connectivity index (χ0v) is 18.9. The molecule has 1 aromatic heterocycles. The van der Waals surface area contributed by atoms with Gasteiger partial charge < -0.3 is 10.2 Å². The number of benzene rings is 2. The molecule has 2 aromatic carbocycles. The predicted octanol–water partition coefficient (Wildman–Crippen LogP) is 3.64. The second kappa shape index (κ2) is 9.54. The Morgan fingerprint density at radius 2 is 1.88 bits per heavy atom. The van der Waals surface area contributed by atoms with E-state index in [2.05, 4.69) is 10.0 Å². The average Bonchev–Trinajstić information content (AvgIpc) is 3.47. The van der Waals surface area contributed by atoms with Crippen molar-refractivity contribution in [2.75, 3.05) is 17.8 Å². The SMILES string of the molecule is O=C(NC(CN1CCCC1=O)c1ccccc1)c1cccc(NS(=O)(=O)c2cccs2)c1. The van der Waals surface area contributed by atoms with Crippen molar-refractivity contribution in [3.8, 4) is 0 Å². The normalized spacial score (nSPS) is 14.9. The number of hydrogen-bond donors (Lipinski definition) is 2. The second-order valence-electron chi connectivity index (χ2n) is 7.50. The number of nitrogens with one attached hydrogen (secondary N) is 2. The van der Waals surface area contributed by atoms with Gasteiger partial charge in [-0.15, -0.1) is 11.3 Å². The van der Waals surface area contributed by atoms with E-state index in [0.717, 1.165) is 23.3 Å². The highest BCUT2D eigenvalue weighted by atomic mass is 32.2. The first kappa shape index (κ1) is 22.0. The third kappa shape index (κ3) is 5.17. The summed E-state index contributed by atoms with van der Waals surface area (Å²) in [5.41, 5.74) is 1.53. The number of nitrogens with zero attached hydrogens (tertiary/aromatic N) is 1. The van der Waals surface area contributed by atoms with Crippen LogP contribution in [0.25, 0.3) is 0 Å². The van der Waals surface area contributed by atoms with E-state index >= 15 is 0 Å². The number of rotatable bonds is 8. The standard InChI is InChI=1S/C23H23N3O4S2/c27-21-11-5-13-26(21)16-20(17-7-2-1-3-8-17)24-23(28)18-9-4-10-19(15-18)25-32(29,30)22-12-6-14-31-22/h1-4,6-10,12,14-15,20,25H,5,11,13,16H2,(H,24,28). The molecule has 1 aliphatic rings. The molecule has 2 N–H and O–H groups in total. The third-order valence-electron chi connectivity index (χ3n) is 5.22. The minimum absolute atomic E-state index is 0.0881. The van der Waals surface area contributed by atoms with E-state index in [1.54, 1.807) is 34.5 Å². The molecule has 1 unspecified atom stereocenters. The van der Waals surface area contributed by atoms with Crippen molar-refractivity contribution < 1.29 is 18.0 Å². The van der Waals surface area contributed by atoms with Crippen molar-refractivity contribution in [3.63, 3.8) is 0 Å². The van der Waals surface area contributed by atoms with Gasteiger partial charge in [0.15, 0.2) is 0 Å². The molecule has 1 aliphatic heterocycles. The second-order valence-corrected chi connectivity index (χ2v) is 10.4. The van der Waals surface area contributed by atoms with Crippen molar-refractivity contribution in [2.45, 2.75) is 23.1 Å². The highest BCUT2D eigenvalue weighted by molar-refractivity contribution is 7.94. The highest BCUT2D eigenvalue weighted by Gasteiger charge is 2.26. The molecule has 2 heterocycles. The lowest BCUT2D eigenvalue weighted by molar-refractivity contribution is -0.128. The first-order chi connectivity index (χ1) is 15.4. The molecule has 0 bridgehead atoms. The Balaban J connectivity index is 1.52. The Morgan fingerprint density at radius 3 is 2.56 bits per heavy atom. The van der Waals surface area contributed by atoms with Gasteiger partial charge in [0.05, 0.1) is 6.04 Å². The summed E-state index contributed by atoms with van der Waals surface area (Å²) < 4.78 is 27.7. The molecule has 9 heteroatoms. The fourth-order valence-corrected chi connectivity index (χ4v) is 5.67. The number of hydrogen-bond acceptors (Lipinski definition) is 5. The molecule has 32 heavy (non-hydrogen) atoms. The number of thiophene rings is 1. The van der Waals surface area contributed by atoms with Crippen LogP contribution in [0, 0.1) is 0 Å². The van der Waals surface area contributed by atoms with Crippen LogP contribution < -0.4 is 10.0 Å². The molecule has 0 aliphatic carbocycles. The average molecular weight is 470 g/mol. The maximum Gasteiger partial charge on any atom is 0.271 e. The van der Waals surface area contributed by atoms with Gasteiger partial charge >= 0.3 is 0 Å². The number of carbonyl (C=O) groups excluding carboxylic acids is 2. The van der Waals surface area contributed by atoms with E-state index in [1.165, 1.54) is 12.1 Å². The third-order valence-corrected chi connectivity index (χ3v) is 8.00. The maximum absolute atomic E-state index is 13.0. The number of sulfonamides is 1. The molecule has 4 rings (SSSR count). The van der Waals surface area contributed by atoms with Gasteiger partial charge in [-0.2, -0.15) is 0 Å². The molecule has 0 saturated carbocycles. The zero-order valence-electron chi connectivity index (χ0n) is 17.2. The molecule has 3 aromatic rings. The Morgan fingerprint density at radius 1 is 1.06 bits per heavy atom. The van der Waals surface area contributed by atoms with Crippen molar-refractivity contribution >= 4 is 38.9 Å². The van der Waals surface area contributed by atoms with E-state index in [0.29, 0.717) is 30.8 Å². The number of likely N-dealkylation sites (tertiary alicyclic amines) is 1. The van der Waals surface area contributed by atoms with Gasteiger partial charge in [-0.3, -0.25) is 14.3 Å². The van der Waals surface area contributed by atoms with Gasteiger partial charge in [0.25, 0.3) is 15.9 Å². The summed E-state index contributed by atoms with van der Waals surface area (Å²) in [6, 6.07) is 18.7. The summed E-state index contributed by atoms with van der Waals surface area (Å²) in [6.45, 7) is 1.07. The molecule has 0 spiro atoms. The lowest BCUT2D eigenvalue weighted by atomic mass is 10.1. The van der Waals surface area contributed by atoms with Crippen LogP contribution in [0.15, 0.2) is 76.3 Å². The van der Waals surface area contributed by atoms with Crippen LogP contribution in [-0.4, -0.2) is 38.2 Å². The summed E-state index contributed by atoms with van der Waals surface area (Å²) in [5.74, 6) is -0.257. The van der Waals surface area contributed by atoms with E-state index in [4.69, 9.17) is 0 Å². The Kier molecular flexibility index (Phi) is 6.57. The van der Waals surface area contributed by atoms with E-state index < -0.39 is 10.0 Å². The highest BCUT2D eigenvalue weighted by Crippen LogP contribution is 2.22. The van der Waals surface area contributed by atoms with Gasteiger partial charge in [0.1, 0.15) is 4.21 Å². The van der Waals surface area contributed by atoms with Crippen LogP contribution in [0.2, 0.25) is 0 Å². The fourth-order valence-electron chi connectivity index (χ4n) is 3.62. The molecular weight excluding hydrogens is 446 g/mol. The van der Waals surface area contributed by atoms with Crippen LogP contribution in [0.1, 0.15) is 34.8 Å². The molecule has 1 saturated heterocycles. The van der Waals surface area contributed by atoms with Crippen LogP contribution >= 0.6 is 11.3 Å². The van der Waals surface area contributed by atoms with Crippen molar-refractivity contribution in [2.24, 2.45) is 0 Å². The Labute approximate surface area is 191 Å². The van der Waals surface area contributed by atoms with Gasteiger partial charge in [-0.05, 0) is 41.6 Å². The molecule has 0 radical (unpaired) electrons. The maximum atomic E-state index is 13.0. The first-order valence-corrected chi connectivity index (χ1v) is 12.6. The quantitative estimate of drug-likeness (QED) is 0.527. The minimum Gasteiger partial charge on any atom is -0.343 e. The smallest absolute Gasteiger partial charge is 0.271 e. The fraction of sp³-hybridized carbons (Fsp3) is 0.217. The Bertz CT molecular complexity index is 1190. The molecule has 7 nitrogen and oxygen atoms in total. The number of anilines is 1. The summed E-state index contributed by atoms with van der Waals surface area (Å²) in [5, 5.41) is 4.69. The zero-order chi connectivity index (χ0) is 22.6. The van der Waals surface area contributed by atoms with E-state index in [-0.39, 0.29) is 22.1 Å². The van der Waals surface area contributed by atoms with Crippen LogP contribution in [0.5, 0.6) is 0 Å². The van der Waals surface area contributed by atoms with Gasteiger partial charge in [-0.1, -0.05) is 42.5 Å². The lowest BCUT2D eigenvalue weighted by Crippen LogP contribution is -2.38. The van der Waals surface area contributed by atoms with Crippen LogP contribution in [-0.2, 0) is 14.8 Å². The van der Waals surface area contributed by atoms with Crippen LogP contribution in [0.3, 0.4) is 0 Å². The predicted molar refractivity (Wildman–Crippen MR) is 124 cm³/mol. The molecular formula is C23H23N3O4S2. The number of amides is 2. The lowest BCUT2D eigenvalue weighted by Gasteiger charge is -2.25. The molecule has 1 fully saturated rings. The van der Waals surface area contributed by atoms with E-state index in [1.807, 2.05) is 30.3 Å². The summed E-state index contributed by atoms with van der Waals surface area (Å²) >= 11 is 1.12. The molecule has 1 atom stereocenters. The van der Waals surface area contributed by atoms with Crippen molar-refractivity contribution in [3.05, 3.63) is 83.2 Å². The van der Waals surface area contributed by atoms with Gasteiger partial charge in [0, 0.05) is 30.8 Å². The number of carbonyl (C=O) groups is 2. The largest absolute Gasteiger partial charge is 0.343 e. The van der Waals surface area contributed by atoms with Crippen molar-refractivity contribution in [1.29, 1.82) is 0 Å². The van der Waals surface area contributed by atoms with E-state index in [9.17, 15) is 18.0 Å². The minimum atomic E-state index is -3.71.